The Balaban J connectivity index is 1.39. The molecule has 0 atom stereocenters. The molecular weight excluding hydrogens is 374 g/mol. The summed E-state index contributed by atoms with van der Waals surface area (Å²) in [5, 5.41) is 9.02. The second kappa shape index (κ2) is 7.97. The Morgan fingerprint density at radius 1 is 1.21 bits per heavy atom. The van der Waals surface area contributed by atoms with Gasteiger partial charge in [-0.3, -0.25) is 9.69 Å². The van der Waals surface area contributed by atoms with Crippen LogP contribution in [0.1, 0.15) is 38.8 Å². The van der Waals surface area contributed by atoms with Crippen LogP contribution < -0.4 is 10.2 Å². The fourth-order valence-electron chi connectivity index (χ4n) is 3.52. The number of carbonyl (C=O) groups is 1. The number of rotatable bonds is 6. The third kappa shape index (κ3) is 4.25. The monoisotopic (exact) mass is 395 g/mol. The van der Waals surface area contributed by atoms with Gasteiger partial charge in [-0.05, 0) is 30.5 Å². The van der Waals surface area contributed by atoms with Gasteiger partial charge in [0.05, 0.1) is 6.54 Å². The van der Waals surface area contributed by atoms with Gasteiger partial charge in [-0.2, -0.15) is 0 Å². The van der Waals surface area contributed by atoms with E-state index >= 15 is 0 Å². The predicted molar refractivity (Wildman–Crippen MR) is 104 cm³/mol. The SMILES string of the molecule is Cc1cc(COc2coc(CN3CCc4ccccc4C3)cc2=O)oc1C(=O)O. The first-order valence-electron chi connectivity index (χ1n) is 9.36. The largest absolute Gasteiger partial charge is 0.479 e. The maximum Gasteiger partial charge on any atom is 0.372 e. The van der Waals surface area contributed by atoms with Crippen LogP contribution in [0.25, 0.3) is 0 Å². The van der Waals surface area contributed by atoms with Crippen LogP contribution in [0.3, 0.4) is 0 Å². The Labute approximate surface area is 167 Å². The number of benzene rings is 1. The van der Waals surface area contributed by atoms with Crippen molar-refractivity contribution in [1.82, 2.24) is 4.90 Å². The summed E-state index contributed by atoms with van der Waals surface area (Å²) < 4.78 is 16.3. The van der Waals surface area contributed by atoms with Crippen molar-refractivity contribution < 1.29 is 23.5 Å². The number of nitrogens with zero attached hydrogens (tertiary/aromatic N) is 1. The maximum atomic E-state index is 12.4. The Morgan fingerprint density at radius 3 is 2.72 bits per heavy atom. The molecule has 0 fully saturated rings. The lowest BCUT2D eigenvalue weighted by atomic mass is 10.00. The second-order valence-corrected chi connectivity index (χ2v) is 7.12. The molecule has 4 rings (SSSR count). The molecule has 1 aliphatic rings. The van der Waals surface area contributed by atoms with Crippen LogP contribution in [0.5, 0.6) is 5.75 Å². The molecule has 7 nitrogen and oxygen atoms in total. The molecule has 150 valence electrons. The topological polar surface area (TPSA) is 93.1 Å². The zero-order valence-electron chi connectivity index (χ0n) is 16.0. The molecule has 0 amide bonds. The molecule has 0 saturated heterocycles. The fraction of sp³-hybridized carbons (Fsp3) is 0.273. The average molecular weight is 395 g/mol. The van der Waals surface area contributed by atoms with Gasteiger partial charge in [0, 0.05) is 24.7 Å². The number of fused-ring (bicyclic) bond motifs is 1. The quantitative estimate of drug-likeness (QED) is 0.684. The summed E-state index contributed by atoms with van der Waals surface area (Å²) >= 11 is 0. The first-order chi connectivity index (χ1) is 14.0. The molecule has 0 bridgehead atoms. The third-order valence-corrected chi connectivity index (χ3v) is 4.97. The number of aromatic carboxylic acids is 1. The van der Waals surface area contributed by atoms with E-state index in [0.29, 0.717) is 23.6 Å². The molecule has 0 spiro atoms. The Kier molecular flexibility index (Phi) is 5.22. The standard InChI is InChI=1S/C22H21NO6/c1-14-8-18(29-21(14)22(25)26)12-28-20-13-27-17(9-19(20)24)11-23-7-6-15-4-2-3-5-16(15)10-23/h2-5,8-9,13H,6-7,10-12H2,1H3,(H,25,26). The van der Waals surface area contributed by atoms with Crippen molar-refractivity contribution in [3.05, 3.63) is 86.9 Å². The van der Waals surface area contributed by atoms with E-state index in [9.17, 15) is 9.59 Å². The Hall–Kier alpha value is -3.32. The first-order valence-corrected chi connectivity index (χ1v) is 9.36. The van der Waals surface area contributed by atoms with E-state index in [1.54, 1.807) is 13.0 Å². The van der Waals surface area contributed by atoms with Crippen LogP contribution >= 0.6 is 0 Å². The minimum Gasteiger partial charge on any atom is -0.479 e. The number of ether oxygens (including phenoxy) is 1. The van der Waals surface area contributed by atoms with Crippen LogP contribution in [0.15, 0.2) is 56.3 Å². The highest BCUT2D eigenvalue weighted by atomic mass is 16.5. The van der Waals surface area contributed by atoms with E-state index in [-0.39, 0.29) is 23.5 Å². The summed E-state index contributed by atoms with van der Waals surface area (Å²) in [6, 6.07) is 11.4. The summed E-state index contributed by atoms with van der Waals surface area (Å²) in [6.07, 6.45) is 2.27. The lowest BCUT2D eigenvalue weighted by Crippen LogP contribution is -2.30. The normalized spacial score (nSPS) is 13.8. The van der Waals surface area contributed by atoms with E-state index in [0.717, 1.165) is 19.5 Å². The molecule has 0 saturated carbocycles. The predicted octanol–water partition coefficient (Wildman–Crippen LogP) is 3.38. The van der Waals surface area contributed by atoms with Gasteiger partial charge in [-0.1, -0.05) is 24.3 Å². The lowest BCUT2D eigenvalue weighted by molar-refractivity contribution is 0.0657. The van der Waals surface area contributed by atoms with Crippen molar-refractivity contribution in [2.45, 2.75) is 33.0 Å². The summed E-state index contributed by atoms with van der Waals surface area (Å²) in [5.74, 6) is -0.310. The van der Waals surface area contributed by atoms with Crippen molar-refractivity contribution in [2.75, 3.05) is 6.54 Å². The molecule has 7 heteroatoms. The zero-order valence-corrected chi connectivity index (χ0v) is 16.0. The van der Waals surface area contributed by atoms with Gasteiger partial charge in [0.1, 0.15) is 24.4 Å². The molecule has 0 unspecified atom stereocenters. The highest BCUT2D eigenvalue weighted by molar-refractivity contribution is 5.86. The summed E-state index contributed by atoms with van der Waals surface area (Å²) in [6.45, 7) is 3.85. The molecule has 0 aliphatic carbocycles. The number of carboxylic acid groups (broad SMARTS) is 1. The molecular formula is C22H21NO6. The average Bonchev–Trinajstić information content (AvgIpc) is 3.08. The van der Waals surface area contributed by atoms with Gasteiger partial charge < -0.3 is 18.7 Å². The minimum atomic E-state index is -1.14. The molecule has 1 aliphatic heterocycles. The molecule has 2 aromatic heterocycles. The van der Waals surface area contributed by atoms with Gasteiger partial charge in [-0.15, -0.1) is 0 Å². The van der Waals surface area contributed by atoms with Crippen molar-refractivity contribution in [1.29, 1.82) is 0 Å². The van der Waals surface area contributed by atoms with Gasteiger partial charge in [0.15, 0.2) is 0 Å². The van der Waals surface area contributed by atoms with E-state index in [4.69, 9.17) is 18.7 Å². The molecule has 1 aromatic carbocycles. The Morgan fingerprint density at radius 2 is 2.00 bits per heavy atom. The van der Waals surface area contributed by atoms with Gasteiger partial charge >= 0.3 is 5.97 Å². The molecule has 29 heavy (non-hydrogen) atoms. The Bertz CT molecular complexity index is 1100. The van der Waals surface area contributed by atoms with E-state index in [2.05, 4.69) is 23.1 Å². The van der Waals surface area contributed by atoms with E-state index < -0.39 is 5.97 Å². The number of furan rings is 1. The highest BCUT2D eigenvalue weighted by Crippen LogP contribution is 2.21. The van der Waals surface area contributed by atoms with Crippen LogP contribution in [-0.4, -0.2) is 22.5 Å². The van der Waals surface area contributed by atoms with E-state index in [1.165, 1.54) is 23.5 Å². The summed E-state index contributed by atoms with van der Waals surface area (Å²) in [4.78, 5) is 25.6. The van der Waals surface area contributed by atoms with Crippen LogP contribution in [-0.2, 0) is 26.1 Å². The molecule has 1 N–H and O–H groups in total. The number of carboxylic acids is 1. The maximum absolute atomic E-state index is 12.4. The molecule has 0 radical (unpaired) electrons. The van der Waals surface area contributed by atoms with Crippen LogP contribution in [0.2, 0.25) is 0 Å². The first kappa shape index (κ1) is 19.0. The summed E-state index contributed by atoms with van der Waals surface area (Å²) in [5.41, 5.74) is 2.88. The van der Waals surface area contributed by atoms with E-state index in [1.807, 2.05) is 6.07 Å². The minimum absolute atomic E-state index is 0.0544. The van der Waals surface area contributed by atoms with Gasteiger partial charge in [0.2, 0.25) is 16.9 Å². The lowest BCUT2D eigenvalue weighted by Gasteiger charge is -2.28. The van der Waals surface area contributed by atoms with Crippen molar-refractivity contribution >= 4 is 5.97 Å². The molecule has 3 heterocycles. The van der Waals surface area contributed by atoms with Crippen molar-refractivity contribution in [3.8, 4) is 5.75 Å². The van der Waals surface area contributed by atoms with Crippen molar-refractivity contribution in [2.24, 2.45) is 0 Å². The third-order valence-electron chi connectivity index (χ3n) is 4.97. The summed E-state index contributed by atoms with van der Waals surface area (Å²) in [7, 11) is 0. The number of hydrogen-bond acceptors (Lipinski definition) is 6. The number of aryl methyl sites for hydroxylation is 1. The van der Waals surface area contributed by atoms with Crippen LogP contribution in [0.4, 0.5) is 0 Å². The van der Waals surface area contributed by atoms with Gasteiger partial charge in [-0.25, -0.2) is 4.79 Å². The second-order valence-electron chi connectivity index (χ2n) is 7.12. The smallest absolute Gasteiger partial charge is 0.372 e. The zero-order chi connectivity index (χ0) is 20.4. The highest BCUT2D eigenvalue weighted by Gasteiger charge is 2.18. The van der Waals surface area contributed by atoms with Crippen LogP contribution in [0, 0.1) is 6.92 Å². The fourth-order valence-corrected chi connectivity index (χ4v) is 3.52. The molecule has 3 aromatic rings. The van der Waals surface area contributed by atoms with Crippen molar-refractivity contribution in [3.63, 3.8) is 0 Å². The number of hydrogen-bond donors (Lipinski definition) is 1. The van der Waals surface area contributed by atoms with Gasteiger partial charge in [0.25, 0.3) is 0 Å².